The van der Waals surface area contributed by atoms with Crippen LogP contribution in [0.1, 0.15) is 16.1 Å². The highest BCUT2D eigenvalue weighted by atomic mass is 32.1. The number of aliphatic hydroxyl groups is 2. The predicted octanol–water partition coefficient (Wildman–Crippen LogP) is 1.27. The molecular weight excluding hydrogens is 397 g/mol. The van der Waals surface area contributed by atoms with Gasteiger partial charge in [0.25, 0.3) is 5.91 Å². The summed E-state index contributed by atoms with van der Waals surface area (Å²) in [6.07, 6.45) is -1.74. The average Bonchev–Trinajstić information content (AvgIpc) is 3.34. The number of aliphatic hydroxyl groups excluding tert-OH is 2. The SMILES string of the molecule is O=C(N[C@@H](Cc1ccccc1)C(=O)N1C[C@@H](O)[C@@H](O)C1)c1cc2sc(F)cc2[nH]1. The highest BCUT2D eigenvalue weighted by Gasteiger charge is 2.36. The number of nitrogens with one attached hydrogen (secondary N) is 2. The highest BCUT2D eigenvalue weighted by molar-refractivity contribution is 7.17. The van der Waals surface area contributed by atoms with Gasteiger partial charge in [0.1, 0.15) is 11.7 Å². The first-order valence-electron chi connectivity index (χ1n) is 9.18. The monoisotopic (exact) mass is 417 g/mol. The number of hydrogen-bond donors (Lipinski definition) is 4. The molecule has 1 aromatic carbocycles. The number of fused-ring (bicyclic) bond motifs is 1. The molecule has 2 aromatic heterocycles. The van der Waals surface area contributed by atoms with Gasteiger partial charge in [0, 0.05) is 25.6 Å². The Morgan fingerprint density at radius 3 is 2.55 bits per heavy atom. The molecule has 0 saturated carbocycles. The Balaban J connectivity index is 1.54. The number of H-pyrrole nitrogens is 1. The quantitative estimate of drug-likeness (QED) is 0.502. The number of carbonyl (C=O) groups excluding carboxylic acids is 2. The lowest BCUT2D eigenvalue weighted by molar-refractivity contribution is -0.132. The van der Waals surface area contributed by atoms with Gasteiger partial charge in [0.2, 0.25) is 5.91 Å². The summed E-state index contributed by atoms with van der Waals surface area (Å²) in [5, 5.41) is 21.9. The Morgan fingerprint density at radius 1 is 1.21 bits per heavy atom. The zero-order valence-electron chi connectivity index (χ0n) is 15.3. The Bertz CT molecular complexity index is 993. The Kier molecular flexibility index (Phi) is 5.35. The van der Waals surface area contributed by atoms with Crippen LogP contribution in [0.3, 0.4) is 0 Å². The molecule has 7 nitrogen and oxygen atoms in total. The number of aromatic amines is 1. The lowest BCUT2D eigenvalue weighted by atomic mass is 10.0. The van der Waals surface area contributed by atoms with Gasteiger partial charge in [-0.3, -0.25) is 9.59 Å². The minimum Gasteiger partial charge on any atom is -0.388 e. The molecule has 0 radical (unpaired) electrons. The minimum atomic E-state index is -1.00. The molecule has 4 rings (SSSR count). The van der Waals surface area contributed by atoms with E-state index >= 15 is 0 Å². The van der Waals surface area contributed by atoms with Gasteiger partial charge >= 0.3 is 0 Å². The van der Waals surface area contributed by atoms with Crippen molar-refractivity contribution in [3.63, 3.8) is 0 Å². The van der Waals surface area contributed by atoms with Gasteiger partial charge in [0.05, 0.1) is 22.4 Å². The topological polar surface area (TPSA) is 106 Å². The molecule has 152 valence electrons. The van der Waals surface area contributed by atoms with Crippen molar-refractivity contribution in [2.75, 3.05) is 13.1 Å². The molecular formula is C20H20FN3O4S. The third kappa shape index (κ3) is 4.16. The smallest absolute Gasteiger partial charge is 0.268 e. The van der Waals surface area contributed by atoms with Crippen molar-refractivity contribution in [2.45, 2.75) is 24.7 Å². The molecule has 2 amide bonds. The second-order valence-corrected chi connectivity index (χ2v) is 8.14. The molecule has 3 aromatic rings. The molecule has 1 aliphatic rings. The summed E-state index contributed by atoms with van der Waals surface area (Å²) in [4.78, 5) is 30.0. The van der Waals surface area contributed by atoms with Crippen LogP contribution in [-0.2, 0) is 11.2 Å². The highest BCUT2D eigenvalue weighted by Crippen LogP contribution is 2.25. The lowest BCUT2D eigenvalue weighted by Crippen LogP contribution is -2.49. The van der Waals surface area contributed by atoms with Gasteiger partial charge < -0.3 is 25.4 Å². The van der Waals surface area contributed by atoms with Crippen LogP contribution in [-0.4, -0.2) is 63.3 Å². The molecule has 1 aliphatic heterocycles. The largest absolute Gasteiger partial charge is 0.388 e. The number of likely N-dealkylation sites (tertiary alicyclic amines) is 1. The fraction of sp³-hybridized carbons (Fsp3) is 0.300. The van der Waals surface area contributed by atoms with Crippen LogP contribution in [0.25, 0.3) is 10.2 Å². The summed E-state index contributed by atoms with van der Waals surface area (Å²) in [6.45, 7) is 0.0251. The third-order valence-corrected chi connectivity index (χ3v) is 5.85. The maximum absolute atomic E-state index is 13.3. The fourth-order valence-electron chi connectivity index (χ4n) is 3.47. The zero-order valence-corrected chi connectivity index (χ0v) is 16.2. The number of halogens is 1. The summed E-state index contributed by atoms with van der Waals surface area (Å²) >= 11 is 0.930. The van der Waals surface area contributed by atoms with Gasteiger partial charge in [-0.1, -0.05) is 30.3 Å². The first kappa shape index (κ1) is 19.6. The molecule has 29 heavy (non-hydrogen) atoms. The van der Waals surface area contributed by atoms with E-state index in [2.05, 4.69) is 10.3 Å². The summed E-state index contributed by atoms with van der Waals surface area (Å²) < 4.78 is 13.9. The van der Waals surface area contributed by atoms with E-state index in [1.165, 1.54) is 11.0 Å². The molecule has 1 saturated heterocycles. The number of nitrogens with zero attached hydrogens (tertiary/aromatic N) is 1. The van der Waals surface area contributed by atoms with Gasteiger partial charge in [-0.25, -0.2) is 0 Å². The van der Waals surface area contributed by atoms with Gasteiger partial charge in [0.15, 0.2) is 5.13 Å². The van der Waals surface area contributed by atoms with E-state index in [0.29, 0.717) is 10.2 Å². The third-order valence-electron chi connectivity index (χ3n) is 4.98. The number of benzene rings is 1. The van der Waals surface area contributed by atoms with Gasteiger partial charge in [-0.2, -0.15) is 4.39 Å². The van der Waals surface area contributed by atoms with Crippen LogP contribution in [0.2, 0.25) is 0 Å². The minimum absolute atomic E-state index is 0.0126. The number of carbonyl (C=O) groups is 2. The molecule has 1 fully saturated rings. The van der Waals surface area contributed by atoms with E-state index in [-0.39, 0.29) is 36.2 Å². The lowest BCUT2D eigenvalue weighted by Gasteiger charge is -2.24. The van der Waals surface area contributed by atoms with E-state index in [4.69, 9.17) is 0 Å². The van der Waals surface area contributed by atoms with Crippen LogP contribution >= 0.6 is 11.3 Å². The molecule has 3 heterocycles. The van der Waals surface area contributed by atoms with Crippen LogP contribution < -0.4 is 5.32 Å². The second kappa shape index (κ2) is 7.94. The Morgan fingerprint density at radius 2 is 1.90 bits per heavy atom. The molecule has 0 unspecified atom stereocenters. The average molecular weight is 417 g/mol. The molecule has 3 atom stereocenters. The van der Waals surface area contributed by atoms with Crippen LogP contribution in [0.4, 0.5) is 4.39 Å². The summed E-state index contributed by atoms with van der Waals surface area (Å²) in [7, 11) is 0. The summed E-state index contributed by atoms with van der Waals surface area (Å²) in [6, 6.07) is 11.2. The van der Waals surface area contributed by atoms with Crippen molar-refractivity contribution < 1.29 is 24.2 Å². The summed E-state index contributed by atoms with van der Waals surface area (Å²) in [5.41, 5.74) is 1.62. The molecule has 0 aliphatic carbocycles. The van der Waals surface area contributed by atoms with Crippen molar-refractivity contribution in [2.24, 2.45) is 0 Å². The molecule has 9 heteroatoms. The van der Waals surface area contributed by atoms with Crippen molar-refractivity contribution in [3.8, 4) is 0 Å². The van der Waals surface area contributed by atoms with Crippen LogP contribution in [0.15, 0.2) is 42.5 Å². The van der Waals surface area contributed by atoms with Crippen LogP contribution in [0.5, 0.6) is 0 Å². The van der Waals surface area contributed by atoms with E-state index in [0.717, 1.165) is 16.9 Å². The van der Waals surface area contributed by atoms with Crippen molar-refractivity contribution in [3.05, 3.63) is 58.9 Å². The van der Waals surface area contributed by atoms with E-state index in [1.807, 2.05) is 30.3 Å². The first-order valence-corrected chi connectivity index (χ1v) is 10.00. The maximum Gasteiger partial charge on any atom is 0.268 e. The fourth-order valence-corrected chi connectivity index (χ4v) is 4.25. The molecule has 4 N–H and O–H groups in total. The second-order valence-electron chi connectivity index (χ2n) is 7.11. The van der Waals surface area contributed by atoms with Gasteiger partial charge in [-0.05, 0) is 11.6 Å². The van der Waals surface area contributed by atoms with E-state index in [1.54, 1.807) is 6.07 Å². The van der Waals surface area contributed by atoms with Crippen LogP contribution in [0, 0.1) is 5.13 Å². The standard InChI is InChI=1S/C20H20FN3O4S/c21-18-8-12-17(29-18)7-13(22-12)19(27)23-14(6-11-4-2-1-3-5-11)20(28)24-9-15(25)16(26)10-24/h1-5,7-8,14-16,22,25-26H,6,9-10H2,(H,23,27)/t14-,15-,16+/m0/s1. The van der Waals surface area contributed by atoms with Gasteiger partial charge in [-0.15, -0.1) is 11.3 Å². The number of hydrogen-bond acceptors (Lipinski definition) is 5. The number of aromatic nitrogens is 1. The number of thiophene rings is 1. The Labute approximate surface area is 169 Å². The number of rotatable bonds is 5. The predicted molar refractivity (Wildman–Crippen MR) is 106 cm³/mol. The van der Waals surface area contributed by atoms with E-state index < -0.39 is 24.2 Å². The van der Waals surface area contributed by atoms with Crippen molar-refractivity contribution >= 4 is 33.4 Å². The first-order chi connectivity index (χ1) is 13.9. The molecule has 0 spiro atoms. The number of β-amino-alcohol motifs (C(OH)–C–C–N with tert-alkyl or cyclic N) is 2. The summed E-state index contributed by atoms with van der Waals surface area (Å²) in [5.74, 6) is -0.861. The Hall–Kier alpha value is -2.75. The normalized spacial score (nSPS) is 20.2. The maximum atomic E-state index is 13.3. The van der Waals surface area contributed by atoms with E-state index in [9.17, 15) is 24.2 Å². The van der Waals surface area contributed by atoms with Crippen molar-refractivity contribution in [1.82, 2.24) is 15.2 Å². The number of amides is 2. The zero-order chi connectivity index (χ0) is 20.5. The van der Waals surface area contributed by atoms with Crippen molar-refractivity contribution in [1.29, 1.82) is 0 Å². The molecule has 0 bridgehead atoms.